The molecule has 218 valence electrons. The normalized spacial score (nSPS) is 19.7. The van der Waals surface area contributed by atoms with E-state index in [1.54, 1.807) is 30.0 Å². The molecule has 1 aliphatic rings. The zero-order chi connectivity index (χ0) is 28.5. The van der Waals surface area contributed by atoms with Crippen LogP contribution in [0.5, 0.6) is 11.5 Å². The standard InChI is InChI=1S/C29H37F5O3S2/c1-27(21-8-10-22(35)11-9-21)20-39-26-19-23(36)12-13-24(26)25(27)7-2-3-15-37-16-4-5-17-38-18-6-14-28(30,31)29(32,33)34/h8-13,19,25,35-36H,2-7,14-18,20H2,1H3/t25-,27-/m1/s1. The Bertz CT molecular complexity index is 1030. The number of rotatable bonds is 15. The van der Waals surface area contributed by atoms with Crippen molar-refractivity contribution in [2.24, 2.45) is 0 Å². The van der Waals surface area contributed by atoms with Crippen molar-refractivity contribution in [2.45, 2.75) is 80.2 Å². The van der Waals surface area contributed by atoms with Crippen LogP contribution < -0.4 is 0 Å². The third-order valence-corrected chi connectivity index (χ3v) is 9.81. The fraction of sp³-hybridized carbons (Fsp3) is 0.586. The summed E-state index contributed by atoms with van der Waals surface area (Å²) < 4.78 is 68.0. The van der Waals surface area contributed by atoms with Crippen LogP contribution in [0.3, 0.4) is 0 Å². The molecule has 0 spiro atoms. The Morgan fingerprint density at radius 3 is 2.23 bits per heavy atom. The van der Waals surface area contributed by atoms with Gasteiger partial charge in [-0.25, -0.2) is 0 Å². The molecule has 0 radical (unpaired) electrons. The van der Waals surface area contributed by atoms with E-state index in [9.17, 15) is 32.2 Å². The van der Waals surface area contributed by atoms with Crippen LogP contribution in [0.2, 0.25) is 0 Å². The molecule has 10 heteroatoms. The van der Waals surface area contributed by atoms with Gasteiger partial charge in [-0.3, -0.25) is 0 Å². The molecule has 2 atom stereocenters. The Balaban J connectivity index is 1.36. The molecule has 1 aliphatic heterocycles. The summed E-state index contributed by atoms with van der Waals surface area (Å²) in [4.78, 5) is 1.11. The van der Waals surface area contributed by atoms with Crippen molar-refractivity contribution < 1.29 is 36.9 Å². The molecule has 1 heterocycles. The predicted molar refractivity (Wildman–Crippen MR) is 148 cm³/mol. The quantitative estimate of drug-likeness (QED) is 0.160. The highest BCUT2D eigenvalue weighted by Crippen LogP contribution is 2.52. The van der Waals surface area contributed by atoms with Crippen LogP contribution in [0, 0.1) is 0 Å². The summed E-state index contributed by atoms with van der Waals surface area (Å²) in [7, 11) is 0. The largest absolute Gasteiger partial charge is 0.508 e. The number of ether oxygens (including phenoxy) is 1. The van der Waals surface area contributed by atoms with E-state index >= 15 is 0 Å². The number of unbranched alkanes of at least 4 members (excludes halogenated alkanes) is 2. The summed E-state index contributed by atoms with van der Waals surface area (Å²) in [6, 6.07) is 13.1. The van der Waals surface area contributed by atoms with E-state index in [0.29, 0.717) is 19.0 Å². The molecule has 3 rings (SSSR count). The number of hydrogen-bond acceptors (Lipinski definition) is 5. The fourth-order valence-corrected chi connectivity index (χ4v) is 7.28. The van der Waals surface area contributed by atoms with Gasteiger partial charge >= 0.3 is 12.1 Å². The molecule has 0 unspecified atom stereocenters. The Kier molecular flexibility index (Phi) is 11.7. The second kappa shape index (κ2) is 14.3. The number of phenols is 2. The van der Waals surface area contributed by atoms with E-state index in [0.717, 1.165) is 42.8 Å². The summed E-state index contributed by atoms with van der Waals surface area (Å²) in [6.07, 6.45) is -2.30. The first-order valence-corrected chi connectivity index (χ1v) is 15.4. The van der Waals surface area contributed by atoms with Gasteiger partial charge in [0.1, 0.15) is 11.5 Å². The lowest BCUT2D eigenvalue weighted by Crippen LogP contribution is -2.36. The maximum Gasteiger partial charge on any atom is 0.453 e. The molecule has 2 N–H and O–H groups in total. The van der Waals surface area contributed by atoms with Crippen molar-refractivity contribution in [2.75, 3.05) is 30.5 Å². The first-order chi connectivity index (χ1) is 18.4. The topological polar surface area (TPSA) is 49.7 Å². The first kappa shape index (κ1) is 31.9. The van der Waals surface area contributed by atoms with Gasteiger partial charge in [0.2, 0.25) is 0 Å². The van der Waals surface area contributed by atoms with E-state index < -0.39 is 18.5 Å². The number of hydrogen-bond donors (Lipinski definition) is 2. The zero-order valence-corrected chi connectivity index (χ0v) is 23.7. The molecule has 0 aliphatic carbocycles. The van der Waals surface area contributed by atoms with Crippen molar-refractivity contribution in [1.82, 2.24) is 0 Å². The van der Waals surface area contributed by atoms with Crippen molar-refractivity contribution in [1.29, 1.82) is 0 Å². The van der Waals surface area contributed by atoms with Gasteiger partial charge in [0.05, 0.1) is 0 Å². The Morgan fingerprint density at radius 2 is 1.54 bits per heavy atom. The van der Waals surface area contributed by atoms with Crippen molar-refractivity contribution in [3.63, 3.8) is 0 Å². The molecule has 0 amide bonds. The van der Waals surface area contributed by atoms with E-state index in [1.807, 2.05) is 24.3 Å². The van der Waals surface area contributed by atoms with Gasteiger partial charge in [-0.1, -0.05) is 31.5 Å². The highest BCUT2D eigenvalue weighted by molar-refractivity contribution is 7.99. The highest BCUT2D eigenvalue weighted by atomic mass is 32.2. The van der Waals surface area contributed by atoms with Gasteiger partial charge < -0.3 is 14.9 Å². The van der Waals surface area contributed by atoms with E-state index in [-0.39, 0.29) is 35.0 Å². The zero-order valence-electron chi connectivity index (χ0n) is 22.1. The third kappa shape index (κ3) is 8.92. The molecule has 3 nitrogen and oxygen atoms in total. The average Bonchev–Trinajstić information content (AvgIpc) is 2.87. The maximum absolute atomic E-state index is 12.9. The minimum atomic E-state index is -5.47. The third-order valence-electron chi connectivity index (χ3n) is 7.25. The second-order valence-corrected chi connectivity index (χ2v) is 12.5. The smallest absolute Gasteiger partial charge is 0.453 e. The second-order valence-electron chi connectivity index (χ2n) is 10.3. The molecule has 2 aromatic carbocycles. The Morgan fingerprint density at radius 1 is 0.897 bits per heavy atom. The summed E-state index contributed by atoms with van der Waals surface area (Å²) in [6.45, 7) is 3.50. The molecule has 39 heavy (non-hydrogen) atoms. The predicted octanol–water partition coefficient (Wildman–Crippen LogP) is 8.92. The molecule has 0 bridgehead atoms. The number of thioether (sulfide) groups is 2. The fourth-order valence-electron chi connectivity index (χ4n) is 4.91. The van der Waals surface area contributed by atoms with Gasteiger partial charge in [-0.2, -0.15) is 33.7 Å². The Hall–Kier alpha value is -1.65. The minimum absolute atomic E-state index is 0.122. The van der Waals surface area contributed by atoms with E-state index in [4.69, 9.17) is 4.74 Å². The summed E-state index contributed by atoms with van der Waals surface area (Å²) >= 11 is 3.15. The molecular weight excluding hydrogens is 555 g/mol. The molecule has 0 saturated heterocycles. The molecule has 0 fully saturated rings. The van der Waals surface area contributed by atoms with Crippen molar-refractivity contribution >= 4 is 23.5 Å². The van der Waals surface area contributed by atoms with Gasteiger partial charge in [-0.15, -0.1) is 11.8 Å². The number of alkyl halides is 5. The molecule has 0 aromatic heterocycles. The first-order valence-electron chi connectivity index (χ1n) is 13.3. The minimum Gasteiger partial charge on any atom is -0.508 e. The van der Waals surface area contributed by atoms with Gasteiger partial charge in [-0.05, 0) is 84.9 Å². The molecule has 0 saturated carbocycles. The van der Waals surface area contributed by atoms with Gasteiger partial charge in [0.15, 0.2) is 0 Å². The van der Waals surface area contributed by atoms with Crippen molar-refractivity contribution in [3.05, 3.63) is 53.6 Å². The summed E-state index contributed by atoms with van der Waals surface area (Å²) in [5.41, 5.74) is 2.30. The van der Waals surface area contributed by atoms with Crippen LogP contribution in [-0.2, 0) is 10.2 Å². The number of aromatic hydroxyl groups is 2. The van der Waals surface area contributed by atoms with Crippen LogP contribution in [0.1, 0.15) is 68.9 Å². The van der Waals surface area contributed by atoms with Crippen LogP contribution in [0.25, 0.3) is 0 Å². The van der Waals surface area contributed by atoms with Crippen LogP contribution in [0.4, 0.5) is 22.0 Å². The molecular formula is C29H37F5O3S2. The van der Waals surface area contributed by atoms with Crippen LogP contribution >= 0.6 is 23.5 Å². The SMILES string of the molecule is C[C@]1(c2ccc(O)cc2)CSc2cc(O)ccc2[C@H]1CCCCOCCCCSCCCC(F)(F)C(F)(F)F. The Labute approximate surface area is 235 Å². The summed E-state index contributed by atoms with van der Waals surface area (Å²) in [5, 5.41) is 19.7. The lowest BCUT2D eigenvalue weighted by Gasteiger charge is -2.43. The average molecular weight is 593 g/mol. The number of fused-ring (bicyclic) bond motifs is 1. The monoisotopic (exact) mass is 592 g/mol. The van der Waals surface area contributed by atoms with Crippen molar-refractivity contribution in [3.8, 4) is 11.5 Å². The van der Waals surface area contributed by atoms with Crippen LogP contribution in [-0.4, -0.2) is 52.8 Å². The van der Waals surface area contributed by atoms with E-state index in [1.165, 1.54) is 22.9 Å². The van der Waals surface area contributed by atoms with E-state index in [2.05, 4.69) is 6.92 Å². The number of halogens is 5. The van der Waals surface area contributed by atoms with Gasteiger partial charge in [0, 0.05) is 35.7 Å². The number of phenolic OH excluding ortho intramolecular Hbond substituents is 2. The summed E-state index contributed by atoms with van der Waals surface area (Å²) in [5.74, 6) is -1.96. The maximum atomic E-state index is 12.9. The number of benzene rings is 2. The highest BCUT2D eigenvalue weighted by Gasteiger charge is 2.56. The van der Waals surface area contributed by atoms with Crippen LogP contribution in [0.15, 0.2) is 47.4 Å². The molecule has 2 aromatic rings. The lowest BCUT2D eigenvalue weighted by molar-refractivity contribution is -0.284. The lowest BCUT2D eigenvalue weighted by atomic mass is 9.68. The van der Waals surface area contributed by atoms with Gasteiger partial charge in [0.25, 0.3) is 0 Å².